The van der Waals surface area contributed by atoms with Crippen LogP contribution in [-0.2, 0) is 0 Å². The summed E-state index contributed by atoms with van der Waals surface area (Å²) in [7, 11) is 0. The lowest BCUT2D eigenvalue weighted by atomic mass is 10.0. The molecule has 1 amide bonds. The standard InChI is InChI=1S/C21H21N3O2/c1-15-10-12-23(13-11-15)21(25)18-14-24(17-6-4-3-5-7-17)22-20(18)19-9-8-16(2)26-19/h3-9,14H,1,10-13H2,2H3. The molecule has 0 N–H and O–H groups in total. The molecule has 0 saturated carbocycles. The van der Waals surface area contributed by atoms with E-state index >= 15 is 0 Å². The molecule has 1 aliphatic rings. The number of amides is 1. The van der Waals surface area contributed by atoms with Gasteiger partial charge in [-0.2, -0.15) is 5.10 Å². The van der Waals surface area contributed by atoms with Crippen LogP contribution in [0.4, 0.5) is 0 Å². The number of rotatable bonds is 3. The highest BCUT2D eigenvalue weighted by Crippen LogP contribution is 2.28. The van der Waals surface area contributed by atoms with Gasteiger partial charge in [0.25, 0.3) is 5.91 Å². The number of piperidine rings is 1. The summed E-state index contributed by atoms with van der Waals surface area (Å²) in [5.74, 6) is 1.40. The van der Waals surface area contributed by atoms with Crippen molar-refractivity contribution < 1.29 is 9.21 Å². The van der Waals surface area contributed by atoms with Crippen molar-refractivity contribution in [2.45, 2.75) is 19.8 Å². The van der Waals surface area contributed by atoms with E-state index in [4.69, 9.17) is 4.42 Å². The molecule has 0 bridgehead atoms. The Kier molecular flexibility index (Phi) is 4.21. The van der Waals surface area contributed by atoms with Crippen LogP contribution in [0, 0.1) is 6.92 Å². The van der Waals surface area contributed by atoms with Gasteiger partial charge in [-0.15, -0.1) is 0 Å². The predicted molar refractivity (Wildman–Crippen MR) is 100 cm³/mol. The number of aryl methyl sites for hydroxylation is 1. The maximum atomic E-state index is 13.2. The first-order chi connectivity index (χ1) is 12.6. The topological polar surface area (TPSA) is 51.3 Å². The number of nitrogens with zero attached hydrogens (tertiary/aromatic N) is 3. The average Bonchev–Trinajstić information content (AvgIpc) is 3.29. The van der Waals surface area contributed by atoms with Crippen LogP contribution in [-0.4, -0.2) is 33.7 Å². The molecule has 26 heavy (non-hydrogen) atoms. The molecule has 0 atom stereocenters. The van der Waals surface area contributed by atoms with Crippen molar-refractivity contribution in [3.8, 4) is 17.1 Å². The summed E-state index contributed by atoms with van der Waals surface area (Å²) in [5.41, 5.74) is 3.26. The molecule has 2 aromatic heterocycles. The van der Waals surface area contributed by atoms with Crippen molar-refractivity contribution in [2.24, 2.45) is 0 Å². The summed E-state index contributed by atoms with van der Waals surface area (Å²) in [6.07, 6.45) is 3.51. The number of hydrogen-bond acceptors (Lipinski definition) is 3. The molecule has 0 aliphatic carbocycles. The molecule has 1 aliphatic heterocycles. The first kappa shape index (κ1) is 16.4. The highest BCUT2D eigenvalue weighted by molar-refractivity contribution is 5.99. The lowest BCUT2D eigenvalue weighted by molar-refractivity contribution is 0.0744. The molecular formula is C21H21N3O2. The van der Waals surface area contributed by atoms with Crippen LogP contribution in [0.2, 0.25) is 0 Å². The molecule has 1 aromatic carbocycles. The third-order valence-electron chi connectivity index (χ3n) is 4.70. The van der Waals surface area contributed by atoms with E-state index in [2.05, 4.69) is 11.7 Å². The van der Waals surface area contributed by atoms with Crippen molar-refractivity contribution in [1.29, 1.82) is 0 Å². The van der Waals surface area contributed by atoms with Crippen molar-refractivity contribution >= 4 is 5.91 Å². The number of carbonyl (C=O) groups excluding carboxylic acids is 1. The predicted octanol–water partition coefficient (Wildman–Crippen LogP) is 4.23. The van der Waals surface area contributed by atoms with Crippen LogP contribution in [0.25, 0.3) is 17.1 Å². The fourth-order valence-electron chi connectivity index (χ4n) is 3.18. The van der Waals surface area contributed by atoms with Gasteiger partial charge in [-0.25, -0.2) is 4.68 Å². The van der Waals surface area contributed by atoms with E-state index in [1.54, 1.807) is 10.9 Å². The van der Waals surface area contributed by atoms with Crippen LogP contribution >= 0.6 is 0 Å². The molecule has 0 radical (unpaired) electrons. The number of benzene rings is 1. The minimum atomic E-state index is -0.0104. The Balaban J connectivity index is 1.75. The minimum Gasteiger partial charge on any atom is -0.460 e. The van der Waals surface area contributed by atoms with E-state index < -0.39 is 0 Å². The fourth-order valence-corrected chi connectivity index (χ4v) is 3.18. The van der Waals surface area contributed by atoms with E-state index in [0.29, 0.717) is 30.1 Å². The lowest BCUT2D eigenvalue weighted by Gasteiger charge is -2.27. The van der Waals surface area contributed by atoms with E-state index in [9.17, 15) is 4.79 Å². The average molecular weight is 347 g/mol. The SMILES string of the molecule is C=C1CCN(C(=O)c2cn(-c3ccccc3)nc2-c2ccc(C)o2)CC1. The molecule has 0 unspecified atom stereocenters. The minimum absolute atomic E-state index is 0.0104. The van der Waals surface area contributed by atoms with Gasteiger partial charge >= 0.3 is 0 Å². The van der Waals surface area contributed by atoms with Crippen molar-refractivity contribution in [3.63, 3.8) is 0 Å². The smallest absolute Gasteiger partial charge is 0.257 e. The van der Waals surface area contributed by atoms with Gasteiger partial charge < -0.3 is 9.32 Å². The van der Waals surface area contributed by atoms with Gasteiger partial charge in [-0.3, -0.25) is 4.79 Å². The number of hydrogen-bond donors (Lipinski definition) is 0. The Labute approximate surface area is 152 Å². The number of furan rings is 1. The lowest BCUT2D eigenvalue weighted by Crippen LogP contribution is -2.36. The van der Waals surface area contributed by atoms with Crippen LogP contribution in [0.3, 0.4) is 0 Å². The Hall–Kier alpha value is -3.08. The summed E-state index contributed by atoms with van der Waals surface area (Å²) in [5, 5.41) is 4.65. The highest BCUT2D eigenvalue weighted by Gasteiger charge is 2.26. The van der Waals surface area contributed by atoms with Gasteiger partial charge in [0.05, 0.1) is 11.3 Å². The Morgan fingerprint density at radius 2 is 1.85 bits per heavy atom. The summed E-state index contributed by atoms with van der Waals surface area (Å²) < 4.78 is 7.49. The summed E-state index contributed by atoms with van der Waals surface area (Å²) in [6, 6.07) is 13.5. The van der Waals surface area contributed by atoms with Crippen molar-refractivity contribution in [3.05, 3.63) is 72.1 Å². The van der Waals surface area contributed by atoms with E-state index in [0.717, 1.165) is 24.3 Å². The number of likely N-dealkylation sites (tertiary alicyclic amines) is 1. The van der Waals surface area contributed by atoms with E-state index in [1.165, 1.54) is 5.57 Å². The monoisotopic (exact) mass is 347 g/mol. The molecule has 5 heteroatoms. The maximum absolute atomic E-state index is 13.2. The first-order valence-corrected chi connectivity index (χ1v) is 8.79. The van der Waals surface area contributed by atoms with E-state index in [1.807, 2.05) is 54.3 Å². The molecule has 1 saturated heterocycles. The van der Waals surface area contributed by atoms with Gasteiger partial charge in [0.1, 0.15) is 11.5 Å². The Bertz CT molecular complexity index is 943. The van der Waals surface area contributed by atoms with Crippen molar-refractivity contribution in [2.75, 3.05) is 13.1 Å². The number of carbonyl (C=O) groups is 1. The third-order valence-corrected chi connectivity index (χ3v) is 4.70. The zero-order valence-corrected chi connectivity index (χ0v) is 14.8. The quantitative estimate of drug-likeness (QED) is 0.666. The largest absolute Gasteiger partial charge is 0.460 e. The summed E-state index contributed by atoms with van der Waals surface area (Å²) in [6.45, 7) is 7.31. The third kappa shape index (κ3) is 3.08. The van der Waals surface area contributed by atoms with Crippen LogP contribution in [0.1, 0.15) is 29.0 Å². The van der Waals surface area contributed by atoms with Gasteiger partial charge in [0.2, 0.25) is 0 Å². The molecule has 1 fully saturated rings. The van der Waals surface area contributed by atoms with Crippen LogP contribution in [0.15, 0.2) is 65.2 Å². The van der Waals surface area contributed by atoms with Gasteiger partial charge in [-0.1, -0.05) is 30.4 Å². The summed E-state index contributed by atoms with van der Waals surface area (Å²) >= 11 is 0. The van der Waals surface area contributed by atoms with Crippen LogP contribution < -0.4 is 0 Å². The molecule has 132 valence electrons. The Morgan fingerprint density at radius 1 is 1.12 bits per heavy atom. The number of para-hydroxylation sites is 1. The van der Waals surface area contributed by atoms with Gasteiger partial charge in [0.15, 0.2) is 5.76 Å². The second kappa shape index (κ2) is 6.67. The maximum Gasteiger partial charge on any atom is 0.257 e. The van der Waals surface area contributed by atoms with E-state index in [-0.39, 0.29) is 5.91 Å². The Morgan fingerprint density at radius 3 is 2.50 bits per heavy atom. The zero-order chi connectivity index (χ0) is 18.1. The number of aromatic nitrogens is 2. The second-order valence-electron chi connectivity index (χ2n) is 6.62. The molecule has 3 heterocycles. The molecule has 5 nitrogen and oxygen atoms in total. The molecule has 4 rings (SSSR count). The molecule has 0 spiro atoms. The normalized spacial score (nSPS) is 14.7. The zero-order valence-electron chi connectivity index (χ0n) is 14.8. The summed E-state index contributed by atoms with van der Waals surface area (Å²) in [4.78, 5) is 15.0. The second-order valence-corrected chi connectivity index (χ2v) is 6.62. The van der Waals surface area contributed by atoms with Gasteiger partial charge in [0, 0.05) is 19.3 Å². The highest BCUT2D eigenvalue weighted by atomic mass is 16.3. The molecule has 3 aromatic rings. The van der Waals surface area contributed by atoms with Crippen molar-refractivity contribution in [1.82, 2.24) is 14.7 Å². The molecular weight excluding hydrogens is 326 g/mol. The fraction of sp³-hybridized carbons (Fsp3) is 0.238. The first-order valence-electron chi connectivity index (χ1n) is 8.79. The van der Waals surface area contributed by atoms with Gasteiger partial charge in [-0.05, 0) is 44.0 Å². The van der Waals surface area contributed by atoms with Crippen LogP contribution in [0.5, 0.6) is 0 Å².